The second-order valence-corrected chi connectivity index (χ2v) is 4.11. The number of benzene rings is 2. The number of anilines is 1. The molecule has 0 heterocycles. The summed E-state index contributed by atoms with van der Waals surface area (Å²) in [6.07, 6.45) is 1.79. The summed E-state index contributed by atoms with van der Waals surface area (Å²) in [4.78, 5) is 0. The molecular weight excluding hydrogens is 264 g/mol. The first-order chi connectivity index (χ1) is 7.86. The van der Waals surface area contributed by atoms with Crippen LogP contribution in [0, 0.1) is 0 Å². The molecule has 3 heteroatoms. The van der Waals surface area contributed by atoms with Crippen molar-refractivity contribution in [2.45, 2.75) is 0 Å². The summed E-state index contributed by atoms with van der Waals surface area (Å²) in [7, 11) is 0. The number of rotatable bonds is 3. The summed E-state index contributed by atoms with van der Waals surface area (Å²) in [5.74, 6) is 0. The third-order valence-electron chi connectivity index (χ3n) is 2.07. The molecule has 0 bridgehead atoms. The molecule has 0 amide bonds. The van der Waals surface area contributed by atoms with Gasteiger partial charge in [-0.05, 0) is 33.6 Å². The van der Waals surface area contributed by atoms with Crippen molar-refractivity contribution in [2.75, 3.05) is 5.43 Å². The summed E-state index contributed by atoms with van der Waals surface area (Å²) in [6.45, 7) is 0. The van der Waals surface area contributed by atoms with Gasteiger partial charge in [-0.3, -0.25) is 5.43 Å². The first-order valence-electron chi connectivity index (χ1n) is 4.95. The molecule has 0 spiro atoms. The number of hydrazone groups is 1. The topological polar surface area (TPSA) is 24.4 Å². The molecular formula is C13H11BrN2. The van der Waals surface area contributed by atoms with E-state index >= 15 is 0 Å². The maximum atomic E-state index is 4.17. The fourth-order valence-corrected chi connectivity index (χ4v) is 1.64. The fourth-order valence-electron chi connectivity index (χ4n) is 1.27. The van der Waals surface area contributed by atoms with Gasteiger partial charge in [-0.25, -0.2) is 0 Å². The van der Waals surface area contributed by atoms with Crippen LogP contribution in [0.1, 0.15) is 5.56 Å². The molecule has 2 nitrogen and oxygen atoms in total. The molecule has 0 atom stereocenters. The van der Waals surface area contributed by atoms with E-state index in [0.717, 1.165) is 15.7 Å². The normalized spacial score (nSPS) is 10.6. The van der Waals surface area contributed by atoms with Crippen molar-refractivity contribution in [2.24, 2.45) is 5.10 Å². The van der Waals surface area contributed by atoms with E-state index in [2.05, 4.69) is 26.5 Å². The Morgan fingerprint density at radius 3 is 2.38 bits per heavy atom. The molecule has 0 radical (unpaired) electrons. The van der Waals surface area contributed by atoms with Gasteiger partial charge in [0, 0.05) is 4.47 Å². The zero-order valence-corrected chi connectivity index (χ0v) is 10.2. The van der Waals surface area contributed by atoms with Gasteiger partial charge in [-0.2, -0.15) is 5.10 Å². The minimum absolute atomic E-state index is 0.953. The van der Waals surface area contributed by atoms with Crippen molar-refractivity contribution in [1.29, 1.82) is 0 Å². The largest absolute Gasteiger partial charge is 0.277 e. The van der Waals surface area contributed by atoms with Crippen molar-refractivity contribution < 1.29 is 0 Å². The summed E-state index contributed by atoms with van der Waals surface area (Å²) in [5, 5.41) is 4.17. The quantitative estimate of drug-likeness (QED) is 0.667. The molecule has 2 aromatic rings. The van der Waals surface area contributed by atoms with Crippen LogP contribution in [-0.2, 0) is 0 Å². The average Bonchev–Trinajstić information content (AvgIpc) is 2.33. The summed E-state index contributed by atoms with van der Waals surface area (Å²) >= 11 is 3.45. The smallest absolute Gasteiger partial charge is 0.0703 e. The van der Waals surface area contributed by atoms with Crippen molar-refractivity contribution in [3.63, 3.8) is 0 Å². The number of nitrogens with zero attached hydrogens (tertiary/aromatic N) is 1. The molecule has 0 aromatic heterocycles. The number of nitrogens with one attached hydrogen (secondary N) is 1. The Balaban J connectivity index is 2.03. The SMILES string of the molecule is Brc1ccccc1NN=Cc1ccccc1. The van der Waals surface area contributed by atoms with Crippen LogP contribution in [0.5, 0.6) is 0 Å². The Hall–Kier alpha value is -1.61. The molecule has 0 aliphatic rings. The molecule has 16 heavy (non-hydrogen) atoms. The predicted octanol–water partition coefficient (Wildman–Crippen LogP) is 3.90. The van der Waals surface area contributed by atoms with Crippen molar-refractivity contribution >= 4 is 27.8 Å². The molecule has 0 saturated heterocycles. The maximum absolute atomic E-state index is 4.17. The highest BCUT2D eigenvalue weighted by atomic mass is 79.9. The zero-order chi connectivity index (χ0) is 11.2. The average molecular weight is 275 g/mol. The van der Waals surface area contributed by atoms with Gasteiger partial charge in [0.15, 0.2) is 0 Å². The first kappa shape index (κ1) is 10.9. The highest BCUT2D eigenvalue weighted by Crippen LogP contribution is 2.20. The molecule has 0 aliphatic carbocycles. The van der Waals surface area contributed by atoms with Gasteiger partial charge in [0.2, 0.25) is 0 Å². The Morgan fingerprint density at radius 1 is 0.938 bits per heavy atom. The minimum Gasteiger partial charge on any atom is -0.277 e. The van der Waals surface area contributed by atoms with Crippen LogP contribution in [0.4, 0.5) is 5.69 Å². The Morgan fingerprint density at radius 2 is 1.62 bits per heavy atom. The van der Waals surface area contributed by atoms with Crippen LogP contribution in [-0.4, -0.2) is 6.21 Å². The summed E-state index contributed by atoms with van der Waals surface area (Å²) in [5.41, 5.74) is 5.01. The van der Waals surface area contributed by atoms with E-state index in [9.17, 15) is 0 Å². The third kappa shape index (κ3) is 2.94. The second-order valence-electron chi connectivity index (χ2n) is 3.26. The maximum Gasteiger partial charge on any atom is 0.0703 e. The van der Waals surface area contributed by atoms with Gasteiger partial charge < -0.3 is 0 Å². The van der Waals surface area contributed by atoms with Gasteiger partial charge in [-0.1, -0.05) is 42.5 Å². The van der Waals surface area contributed by atoms with Crippen molar-refractivity contribution in [3.05, 3.63) is 64.6 Å². The standard InChI is InChI=1S/C13H11BrN2/c14-12-8-4-5-9-13(12)16-15-10-11-6-2-1-3-7-11/h1-10,16H. The van der Waals surface area contributed by atoms with Crippen molar-refractivity contribution in [3.8, 4) is 0 Å². The lowest BCUT2D eigenvalue weighted by Gasteiger charge is -2.01. The first-order valence-corrected chi connectivity index (χ1v) is 5.74. The van der Waals surface area contributed by atoms with E-state index in [-0.39, 0.29) is 0 Å². The van der Waals surface area contributed by atoms with E-state index in [4.69, 9.17) is 0 Å². The molecule has 0 fully saturated rings. The van der Waals surface area contributed by atoms with E-state index in [1.165, 1.54) is 0 Å². The third-order valence-corrected chi connectivity index (χ3v) is 2.76. The highest BCUT2D eigenvalue weighted by Gasteiger charge is 1.94. The Bertz CT molecular complexity index is 480. The van der Waals surface area contributed by atoms with Crippen LogP contribution in [0.15, 0.2) is 64.2 Å². The molecule has 2 aromatic carbocycles. The predicted molar refractivity (Wildman–Crippen MR) is 71.8 cm³/mol. The number of hydrogen-bond donors (Lipinski definition) is 1. The molecule has 1 N–H and O–H groups in total. The van der Waals surface area contributed by atoms with Gasteiger partial charge in [0.25, 0.3) is 0 Å². The van der Waals surface area contributed by atoms with Crippen LogP contribution in [0.2, 0.25) is 0 Å². The van der Waals surface area contributed by atoms with Crippen molar-refractivity contribution in [1.82, 2.24) is 0 Å². The van der Waals surface area contributed by atoms with Gasteiger partial charge in [-0.15, -0.1) is 0 Å². The van der Waals surface area contributed by atoms with Crippen LogP contribution in [0.3, 0.4) is 0 Å². The van der Waals surface area contributed by atoms with Crippen LogP contribution >= 0.6 is 15.9 Å². The van der Waals surface area contributed by atoms with E-state index in [1.54, 1.807) is 6.21 Å². The summed E-state index contributed by atoms with van der Waals surface area (Å²) < 4.78 is 1.00. The number of para-hydroxylation sites is 1. The molecule has 0 aliphatic heterocycles. The summed E-state index contributed by atoms with van der Waals surface area (Å²) in [6, 6.07) is 17.8. The van der Waals surface area contributed by atoms with Crippen LogP contribution in [0.25, 0.3) is 0 Å². The lowest BCUT2D eigenvalue weighted by Crippen LogP contribution is -1.90. The van der Waals surface area contributed by atoms with E-state index in [1.807, 2.05) is 54.6 Å². The fraction of sp³-hybridized carbons (Fsp3) is 0. The van der Waals surface area contributed by atoms with Gasteiger partial charge >= 0.3 is 0 Å². The lowest BCUT2D eigenvalue weighted by molar-refractivity contribution is 1.34. The van der Waals surface area contributed by atoms with E-state index in [0.29, 0.717) is 0 Å². The molecule has 0 unspecified atom stereocenters. The second kappa shape index (κ2) is 5.47. The monoisotopic (exact) mass is 274 g/mol. The molecule has 0 saturated carbocycles. The molecule has 80 valence electrons. The Labute approximate surface area is 103 Å². The number of hydrogen-bond acceptors (Lipinski definition) is 2. The number of halogens is 1. The zero-order valence-electron chi connectivity index (χ0n) is 8.60. The Kier molecular flexibility index (Phi) is 3.72. The van der Waals surface area contributed by atoms with Crippen LogP contribution < -0.4 is 5.43 Å². The highest BCUT2D eigenvalue weighted by molar-refractivity contribution is 9.10. The minimum atomic E-state index is 0.953. The molecule has 2 rings (SSSR count). The lowest BCUT2D eigenvalue weighted by atomic mass is 10.2. The van der Waals surface area contributed by atoms with Gasteiger partial charge in [0.1, 0.15) is 0 Å². The van der Waals surface area contributed by atoms with E-state index < -0.39 is 0 Å². The van der Waals surface area contributed by atoms with Gasteiger partial charge in [0.05, 0.1) is 11.9 Å².